The van der Waals surface area contributed by atoms with Gasteiger partial charge in [0.2, 0.25) is 11.8 Å². The van der Waals surface area contributed by atoms with Crippen molar-refractivity contribution in [3.8, 4) is 0 Å². The van der Waals surface area contributed by atoms with E-state index in [1.807, 2.05) is 6.07 Å². The number of nitrogens with zero attached hydrogens (tertiary/aromatic N) is 2. The van der Waals surface area contributed by atoms with Gasteiger partial charge < -0.3 is 10.2 Å². The van der Waals surface area contributed by atoms with Crippen LogP contribution in [0.2, 0.25) is 4.34 Å². The van der Waals surface area contributed by atoms with Gasteiger partial charge in [-0.2, -0.15) is 4.31 Å². The van der Waals surface area contributed by atoms with Crippen LogP contribution < -0.4 is 10.2 Å². The predicted molar refractivity (Wildman–Crippen MR) is 110 cm³/mol. The van der Waals surface area contributed by atoms with Crippen molar-refractivity contribution in [3.05, 3.63) is 40.7 Å². The molecule has 0 radical (unpaired) electrons. The first-order valence-corrected chi connectivity index (χ1v) is 11.3. The van der Waals surface area contributed by atoms with Gasteiger partial charge in [0.25, 0.3) is 10.0 Å². The number of carbonyl (C=O) groups is 2. The quantitative estimate of drug-likeness (QED) is 0.745. The molecule has 0 saturated carbocycles. The molecule has 1 aromatic heterocycles. The van der Waals surface area contributed by atoms with E-state index in [-0.39, 0.29) is 16.7 Å². The summed E-state index contributed by atoms with van der Waals surface area (Å²) in [5, 5.41) is 2.69. The summed E-state index contributed by atoms with van der Waals surface area (Å²) in [6.45, 7) is 0.311. The van der Waals surface area contributed by atoms with Gasteiger partial charge >= 0.3 is 0 Å². The van der Waals surface area contributed by atoms with Gasteiger partial charge in [-0.3, -0.25) is 9.59 Å². The molecule has 0 aliphatic carbocycles. The van der Waals surface area contributed by atoms with E-state index in [0.29, 0.717) is 23.0 Å². The topological polar surface area (TPSA) is 86.8 Å². The van der Waals surface area contributed by atoms with Gasteiger partial charge in [-0.15, -0.1) is 11.3 Å². The highest BCUT2D eigenvalue weighted by Crippen LogP contribution is 2.28. The Labute approximate surface area is 172 Å². The number of carbonyl (C=O) groups excluding carboxylic acids is 2. The number of hydrogen-bond acceptors (Lipinski definition) is 5. The van der Waals surface area contributed by atoms with E-state index in [1.165, 1.54) is 19.2 Å². The van der Waals surface area contributed by atoms with Gasteiger partial charge in [0.05, 0.1) is 10.9 Å². The molecule has 10 heteroatoms. The SMILES string of the molecule is CN(CC(=O)Nc1cccc(N2CCCCC2=O)c1)S(=O)(=O)c1ccc(Cl)s1. The van der Waals surface area contributed by atoms with E-state index in [4.69, 9.17) is 11.6 Å². The van der Waals surface area contributed by atoms with Crippen molar-refractivity contribution in [3.63, 3.8) is 0 Å². The van der Waals surface area contributed by atoms with Gasteiger partial charge in [0, 0.05) is 31.4 Å². The van der Waals surface area contributed by atoms with Crippen molar-refractivity contribution in [2.75, 3.05) is 30.4 Å². The molecule has 1 saturated heterocycles. The van der Waals surface area contributed by atoms with E-state index >= 15 is 0 Å². The molecular formula is C18H20ClN3O4S2. The Morgan fingerprint density at radius 1 is 1.29 bits per heavy atom. The number of likely N-dealkylation sites (N-methyl/N-ethyl adjacent to an activating group) is 1. The van der Waals surface area contributed by atoms with Crippen LogP contribution in [0.1, 0.15) is 19.3 Å². The van der Waals surface area contributed by atoms with Crippen LogP contribution in [0.4, 0.5) is 11.4 Å². The molecule has 0 spiro atoms. The standard InChI is InChI=1S/C18H20ClN3O4S2/c1-21(28(25,26)18-9-8-15(19)27-18)12-16(23)20-13-5-4-6-14(11-13)22-10-3-2-7-17(22)24/h4-6,8-9,11H,2-3,7,10,12H2,1H3,(H,20,23). The number of benzene rings is 1. The van der Waals surface area contributed by atoms with E-state index in [2.05, 4.69) is 5.32 Å². The molecule has 0 atom stereocenters. The van der Waals surface area contributed by atoms with Gasteiger partial charge in [-0.05, 0) is 43.2 Å². The zero-order chi connectivity index (χ0) is 20.3. The van der Waals surface area contributed by atoms with Crippen molar-refractivity contribution in [2.45, 2.75) is 23.5 Å². The number of rotatable bonds is 6. The van der Waals surface area contributed by atoms with Crippen molar-refractivity contribution in [1.29, 1.82) is 0 Å². The molecule has 1 fully saturated rings. The molecule has 0 unspecified atom stereocenters. The van der Waals surface area contributed by atoms with Gasteiger partial charge in [0.1, 0.15) is 4.21 Å². The highest BCUT2D eigenvalue weighted by molar-refractivity contribution is 7.91. The highest BCUT2D eigenvalue weighted by Gasteiger charge is 2.25. The molecule has 1 N–H and O–H groups in total. The van der Waals surface area contributed by atoms with Crippen LogP contribution in [0.15, 0.2) is 40.6 Å². The second-order valence-electron chi connectivity index (χ2n) is 6.42. The molecule has 28 heavy (non-hydrogen) atoms. The summed E-state index contributed by atoms with van der Waals surface area (Å²) in [7, 11) is -2.45. The van der Waals surface area contributed by atoms with Crippen LogP contribution in [-0.4, -0.2) is 44.7 Å². The van der Waals surface area contributed by atoms with Crippen LogP contribution in [0.25, 0.3) is 0 Å². The molecule has 3 rings (SSSR count). The molecule has 1 aliphatic rings. The smallest absolute Gasteiger partial charge is 0.252 e. The molecule has 1 aliphatic heterocycles. The number of amides is 2. The van der Waals surface area contributed by atoms with Crippen molar-refractivity contribution < 1.29 is 18.0 Å². The predicted octanol–water partition coefficient (Wildman–Crippen LogP) is 3.18. The average Bonchev–Trinajstić information content (AvgIpc) is 3.09. The maximum absolute atomic E-state index is 12.5. The summed E-state index contributed by atoms with van der Waals surface area (Å²) < 4.78 is 26.4. The minimum Gasteiger partial charge on any atom is -0.325 e. The molecule has 1 aromatic carbocycles. The maximum Gasteiger partial charge on any atom is 0.252 e. The normalized spacial score (nSPS) is 15.1. The fraction of sp³-hybridized carbons (Fsp3) is 0.333. The fourth-order valence-electron chi connectivity index (χ4n) is 2.91. The maximum atomic E-state index is 12.5. The summed E-state index contributed by atoms with van der Waals surface area (Å²) in [4.78, 5) is 26.1. The Morgan fingerprint density at radius 2 is 2.07 bits per heavy atom. The summed E-state index contributed by atoms with van der Waals surface area (Å²) in [5.41, 5.74) is 1.22. The van der Waals surface area contributed by atoms with E-state index in [9.17, 15) is 18.0 Å². The minimum absolute atomic E-state index is 0.0650. The minimum atomic E-state index is -3.78. The number of sulfonamides is 1. The van der Waals surface area contributed by atoms with E-state index < -0.39 is 15.9 Å². The lowest BCUT2D eigenvalue weighted by Gasteiger charge is -2.27. The van der Waals surface area contributed by atoms with Crippen LogP contribution in [0, 0.1) is 0 Å². The van der Waals surface area contributed by atoms with Crippen molar-refractivity contribution in [2.24, 2.45) is 0 Å². The number of halogens is 1. The number of hydrogen-bond donors (Lipinski definition) is 1. The van der Waals surface area contributed by atoms with Crippen LogP contribution in [0.3, 0.4) is 0 Å². The van der Waals surface area contributed by atoms with Crippen LogP contribution in [-0.2, 0) is 19.6 Å². The largest absolute Gasteiger partial charge is 0.325 e. The lowest BCUT2D eigenvalue weighted by atomic mass is 10.1. The second-order valence-corrected chi connectivity index (χ2v) is 10.4. The molecule has 0 bridgehead atoms. The first-order valence-electron chi connectivity index (χ1n) is 8.69. The lowest BCUT2D eigenvalue weighted by Crippen LogP contribution is -2.35. The van der Waals surface area contributed by atoms with Gasteiger partial charge in [-0.1, -0.05) is 17.7 Å². The molecule has 2 aromatic rings. The molecule has 7 nitrogen and oxygen atoms in total. The van der Waals surface area contributed by atoms with Gasteiger partial charge in [-0.25, -0.2) is 8.42 Å². The van der Waals surface area contributed by atoms with Crippen molar-refractivity contribution >= 4 is 56.2 Å². The third-order valence-corrected chi connectivity index (χ3v) is 7.85. The number of nitrogens with one attached hydrogen (secondary N) is 1. The fourth-order valence-corrected chi connectivity index (χ4v) is 5.73. The Hall–Kier alpha value is -1.94. The summed E-state index contributed by atoms with van der Waals surface area (Å²) in [6, 6.07) is 9.89. The molecule has 150 valence electrons. The Kier molecular flexibility index (Phi) is 6.39. The van der Waals surface area contributed by atoms with Crippen LogP contribution in [0.5, 0.6) is 0 Å². The summed E-state index contributed by atoms with van der Waals surface area (Å²) >= 11 is 6.74. The first-order chi connectivity index (χ1) is 13.3. The average molecular weight is 442 g/mol. The molecule has 2 amide bonds. The molecular weight excluding hydrogens is 422 g/mol. The number of piperidine rings is 1. The third-order valence-electron chi connectivity index (χ3n) is 4.34. The number of thiophene rings is 1. The Morgan fingerprint density at radius 3 is 2.75 bits per heavy atom. The third kappa shape index (κ3) is 4.72. The second kappa shape index (κ2) is 8.60. The van der Waals surface area contributed by atoms with E-state index in [1.54, 1.807) is 23.1 Å². The van der Waals surface area contributed by atoms with E-state index in [0.717, 1.165) is 34.2 Å². The number of anilines is 2. The monoisotopic (exact) mass is 441 g/mol. The summed E-state index contributed by atoms with van der Waals surface area (Å²) in [6.07, 6.45) is 2.35. The summed E-state index contributed by atoms with van der Waals surface area (Å²) in [5.74, 6) is -0.411. The zero-order valence-corrected chi connectivity index (χ0v) is 17.6. The van der Waals surface area contributed by atoms with Crippen LogP contribution >= 0.6 is 22.9 Å². The Balaban J connectivity index is 1.66. The lowest BCUT2D eigenvalue weighted by molar-refractivity contribution is -0.119. The molecule has 2 heterocycles. The Bertz CT molecular complexity index is 990. The zero-order valence-electron chi connectivity index (χ0n) is 15.2. The highest BCUT2D eigenvalue weighted by atomic mass is 35.5. The first kappa shape index (κ1) is 20.8. The van der Waals surface area contributed by atoms with Crippen molar-refractivity contribution in [1.82, 2.24) is 4.31 Å². The van der Waals surface area contributed by atoms with Gasteiger partial charge in [0.15, 0.2) is 0 Å².